The van der Waals surface area contributed by atoms with Gasteiger partial charge in [-0.25, -0.2) is 0 Å². The number of morpholine rings is 1. The molecule has 0 spiro atoms. The van der Waals surface area contributed by atoms with Gasteiger partial charge in [-0.05, 0) is 36.1 Å². The van der Waals surface area contributed by atoms with Crippen molar-refractivity contribution in [1.29, 1.82) is 0 Å². The Hall–Kier alpha value is -1.96. The van der Waals surface area contributed by atoms with Crippen molar-refractivity contribution < 1.29 is 14.3 Å². The second kappa shape index (κ2) is 8.59. The SMILES string of the molecule is CN(CC1CC(C(C)(C)C)NN1)C(=O)c1ccc(C(=O)N2CCOCC2)cc1. The van der Waals surface area contributed by atoms with Crippen LogP contribution in [0.25, 0.3) is 0 Å². The molecule has 2 fully saturated rings. The molecule has 0 aromatic heterocycles. The van der Waals surface area contributed by atoms with Crippen LogP contribution in [-0.2, 0) is 4.74 Å². The van der Waals surface area contributed by atoms with Crippen molar-refractivity contribution in [2.24, 2.45) is 5.41 Å². The normalized spacial score (nSPS) is 22.9. The molecule has 7 heteroatoms. The maximum atomic E-state index is 12.8. The van der Waals surface area contributed by atoms with Gasteiger partial charge in [0.1, 0.15) is 0 Å². The highest BCUT2D eigenvalue weighted by atomic mass is 16.5. The topological polar surface area (TPSA) is 73.9 Å². The molecule has 2 unspecified atom stereocenters. The maximum absolute atomic E-state index is 12.8. The third-order valence-electron chi connectivity index (χ3n) is 5.55. The largest absolute Gasteiger partial charge is 0.378 e. The lowest BCUT2D eigenvalue weighted by molar-refractivity contribution is 0.0303. The van der Waals surface area contributed by atoms with Gasteiger partial charge in [0.05, 0.1) is 13.2 Å². The third kappa shape index (κ3) is 4.90. The summed E-state index contributed by atoms with van der Waals surface area (Å²) in [6.07, 6.45) is 0.980. The van der Waals surface area contributed by atoms with E-state index in [1.165, 1.54) is 0 Å². The van der Waals surface area contributed by atoms with Gasteiger partial charge in [-0.1, -0.05) is 20.8 Å². The minimum Gasteiger partial charge on any atom is -0.378 e. The monoisotopic (exact) mass is 388 g/mol. The van der Waals surface area contributed by atoms with Crippen LogP contribution in [0.3, 0.4) is 0 Å². The Balaban J connectivity index is 1.56. The predicted octanol–water partition coefficient (Wildman–Crippen LogP) is 1.51. The van der Waals surface area contributed by atoms with E-state index in [9.17, 15) is 9.59 Å². The number of hydrogen-bond donors (Lipinski definition) is 2. The fourth-order valence-electron chi connectivity index (χ4n) is 3.65. The number of nitrogens with zero attached hydrogens (tertiary/aromatic N) is 2. The number of carbonyl (C=O) groups excluding carboxylic acids is 2. The summed E-state index contributed by atoms with van der Waals surface area (Å²) in [4.78, 5) is 28.8. The van der Waals surface area contributed by atoms with Crippen molar-refractivity contribution >= 4 is 11.8 Å². The number of nitrogens with one attached hydrogen (secondary N) is 2. The Morgan fingerprint density at radius 2 is 1.71 bits per heavy atom. The van der Waals surface area contributed by atoms with Gasteiger partial charge in [0.25, 0.3) is 11.8 Å². The van der Waals surface area contributed by atoms with E-state index in [1.807, 2.05) is 7.05 Å². The minimum absolute atomic E-state index is 0.00916. The highest BCUT2D eigenvalue weighted by molar-refractivity contribution is 5.97. The maximum Gasteiger partial charge on any atom is 0.254 e. The summed E-state index contributed by atoms with van der Waals surface area (Å²) in [5.74, 6) is -0.0449. The summed E-state index contributed by atoms with van der Waals surface area (Å²) >= 11 is 0. The molecular weight excluding hydrogens is 356 g/mol. The second-order valence-electron chi connectivity index (χ2n) is 8.81. The van der Waals surface area contributed by atoms with Crippen LogP contribution < -0.4 is 10.9 Å². The number of carbonyl (C=O) groups is 2. The van der Waals surface area contributed by atoms with Crippen molar-refractivity contribution in [3.05, 3.63) is 35.4 Å². The Bertz CT molecular complexity index is 693. The van der Waals surface area contributed by atoms with Gasteiger partial charge in [0.2, 0.25) is 0 Å². The molecule has 1 aromatic rings. The molecule has 28 heavy (non-hydrogen) atoms. The molecule has 3 rings (SSSR count). The van der Waals surface area contributed by atoms with Gasteiger partial charge in [-0.3, -0.25) is 20.4 Å². The lowest BCUT2D eigenvalue weighted by Gasteiger charge is -2.27. The summed E-state index contributed by atoms with van der Waals surface area (Å²) in [7, 11) is 1.82. The van der Waals surface area contributed by atoms with E-state index >= 15 is 0 Å². The first kappa shape index (κ1) is 20.8. The van der Waals surface area contributed by atoms with Gasteiger partial charge in [-0.2, -0.15) is 0 Å². The van der Waals surface area contributed by atoms with Gasteiger partial charge < -0.3 is 14.5 Å². The quantitative estimate of drug-likeness (QED) is 0.818. The van der Waals surface area contributed by atoms with Crippen LogP contribution >= 0.6 is 0 Å². The van der Waals surface area contributed by atoms with Crippen LogP contribution in [0.5, 0.6) is 0 Å². The van der Waals surface area contributed by atoms with Crippen LogP contribution in [0.1, 0.15) is 47.9 Å². The number of amides is 2. The highest BCUT2D eigenvalue weighted by Gasteiger charge is 2.33. The Morgan fingerprint density at radius 3 is 2.29 bits per heavy atom. The molecule has 1 aromatic carbocycles. The molecule has 154 valence electrons. The van der Waals surface area contributed by atoms with Crippen LogP contribution in [-0.4, -0.2) is 73.6 Å². The Labute approximate surface area is 167 Å². The zero-order valence-electron chi connectivity index (χ0n) is 17.3. The molecule has 2 amide bonds. The average Bonchev–Trinajstić information content (AvgIpc) is 3.16. The summed E-state index contributed by atoms with van der Waals surface area (Å²) < 4.78 is 5.29. The minimum atomic E-state index is -0.0358. The van der Waals surface area contributed by atoms with Crippen LogP contribution in [0, 0.1) is 5.41 Å². The molecule has 0 radical (unpaired) electrons. The molecule has 2 aliphatic heterocycles. The second-order valence-corrected chi connectivity index (χ2v) is 8.81. The molecule has 0 aliphatic carbocycles. The predicted molar refractivity (Wildman–Crippen MR) is 108 cm³/mol. The zero-order valence-corrected chi connectivity index (χ0v) is 17.3. The first-order chi connectivity index (χ1) is 13.3. The molecule has 2 N–H and O–H groups in total. The standard InChI is InChI=1S/C21H32N4O3/c1-21(2,3)18-13-17(22-23-18)14-24(4)19(26)15-5-7-16(8-6-15)20(27)25-9-11-28-12-10-25/h5-8,17-18,22-23H,9-14H2,1-4H3. The summed E-state index contributed by atoms with van der Waals surface area (Å²) in [6, 6.07) is 7.57. The first-order valence-corrected chi connectivity index (χ1v) is 9.99. The number of rotatable bonds is 4. The lowest BCUT2D eigenvalue weighted by atomic mass is 9.84. The van der Waals surface area contributed by atoms with Crippen molar-refractivity contribution in [2.75, 3.05) is 39.9 Å². The molecule has 0 bridgehead atoms. The van der Waals surface area contributed by atoms with E-state index in [0.29, 0.717) is 50.0 Å². The number of likely N-dealkylation sites (N-methyl/N-ethyl adjacent to an activating group) is 1. The van der Waals surface area contributed by atoms with Crippen LogP contribution in [0.4, 0.5) is 0 Å². The van der Waals surface area contributed by atoms with E-state index in [0.717, 1.165) is 6.42 Å². The number of hydrogen-bond acceptors (Lipinski definition) is 5. The van der Waals surface area contributed by atoms with E-state index in [1.54, 1.807) is 34.1 Å². The zero-order chi connectivity index (χ0) is 20.3. The molecule has 0 saturated carbocycles. The third-order valence-corrected chi connectivity index (χ3v) is 5.55. The highest BCUT2D eigenvalue weighted by Crippen LogP contribution is 2.25. The van der Waals surface area contributed by atoms with E-state index < -0.39 is 0 Å². The molecule has 2 saturated heterocycles. The van der Waals surface area contributed by atoms with Crippen molar-refractivity contribution in [3.8, 4) is 0 Å². The van der Waals surface area contributed by atoms with Gasteiger partial charge in [-0.15, -0.1) is 0 Å². The van der Waals surface area contributed by atoms with Crippen LogP contribution in [0.2, 0.25) is 0 Å². The Kier molecular flexibility index (Phi) is 6.37. The number of benzene rings is 1. The average molecular weight is 389 g/mol. The van der Waals surface area contributed by atoms with Crippen molar-refractivity contribution in [1.82, 2.24) is 20.7 Å². The fraction of sp³-hybridized carbons (Fsp3) is 0.619. The smallest absolute Gasteiger partial charge is 0.254 e. The molecule has 2 atom stereocenters. The van der Waals surface area contributed by atoms with E-state index in [4.69, 9.17) is 4.74 Å². The molecular formula is C21H32N4O3. The molecule has 2 heterocycles. The van der Waals surface area contributed by atoms with Crippen molar-refractivity contribution in [2.45, 2.75) is 39.3 Å². The Morgan fingerprint density at radius 1 is 1.11 bits per heavy atom. The van der Waals surface area contributed by atoms with Crippen molar-refractivity contribution in [3.63, 3.8) is 0 Å². The first-order valence-electron chi connectivity index (χ1n) is 9.99. The summed E-state index contributed by atoms with van der Waals surface area (Å²) in [5.41, 5.74) is 8.03. The van der Waals surface area contributed by atoms with Gasteiger partial charge in [0.15, 0.2) is 0 Å². The van der Waals surface area contributed by atoms with Crippen LogP contribution in [0.15, 0.2) is 24.3 Å². The number of ether oxygens (including phenoxy) is 1. The number of hydrazine groups is 1. The molecule has 2 aliphatic rings. The molecule has 7 nitrogen and oxygen atoms in total. The lowest BCUT2D eigenvalue weighted by Crippen LogP contribution is -2.42. The summed E-state index contributed by atoms with van der Waals surface area (Å²) in [5, 5.41) is 0. The van der Waals surface area contributed by atoms with E-state index in [2.05, 4.69) is 31.6 Å². The van der Waals surface area contributed by atoms with Gasteiger partial charge >= 0.3 is 0 Å². The van der Waals surface area contributed by atoms with Gasteiger partial charge in [0, 0.05) is 49.9 Å². The summed E-state index contributed by atoms with van der Waals surface area (Å²) in [6.45, 7) is 9.64. The van der Waals surface area contributed by atoms with E-state index in [-0.39, 0.29) is 23.3 Å². The fourth-order valence-corrected chi connectivity index (χ4v) is 3.65.